The Labute approximate surface area is 244 Å². The lowest BCUT2D eigenvalue weighted by molar-refractivity contribution is -0.139. The van der Waals surface area contributed by atoms with Gasteiger partial charge < -0.3 is 10.2 Å². The van der Waals surface area contributed by atoms with E-state index >= 15 is 0 Å². The number of halogens is 3. The van der Waals surface area contributed by atoms with Crippen molar-refractivity contribution in [1.29, 1.82) is 0 Å². The summed E-state index contributed by atoms with van der Waals surface area (Å²) in [6.45, 7) is 0.294. The molecule has 1 aliphatic rings. The van der Waals surface area contributed by atoms with Crippen molar-refractivity contribution in [1.82, 2.24) is 10.2 Å². The van der Waals surface area contributed by atoms with E-state index in [1.165, 1.54) is 11.8 Å². The van der Waals surface area contributed by atoms with E-state index in [0.29, 0.717) is 33.8 Å². The number of thioether (sulfide) groups is 1. The average Bonchev–Trinajstić information content (AvgIpc) is 3.42. The molecule has 38 heavy (non-hydrogen) atoms. The van der Waals surface area contributed by atoms with Gasteiger partial charge in [-0.25, -0.2) is 0 Å². The van der Waals surface area contributed by atoms with Gasteiger partial charge in [0.05, 0.1) is 15.8 Å². The van der Waals surface area contributed by atoms with Gasteiger partial charge in [0.2, 0.25) is 11.8 Å². The second kappa shape index (κ2) is 14.3. The molecule has 0 unspecified atom stereocenters. The highest BCUT2D eigenvalue weighted by atomic mass is 35.5. The molecule has 200 valence electrons. The number of rotatable bonds is 11. The van der Waals surface area contributed by atoms with Gasteiger partial charge >= 0.3 is 0 Å². The first-order valence-corrected chi connectivity index (χ1v) is 15.1. The molecule has 4 nitrogen and oxygen atoms in total. The minimum Gasteiger partial charge on any atom is -0.352 e. The lowest BCUT2D eigenvalue weighted by Gasteiger charge is -2.32. The molecule has 1 fully saturated rings. The van der Waals surface area contributed by atoms with Gasteiger partial charge in [0.15, 0.2) is 0 Å². The lowest BCUT2D eigenvalue weighted by Crippen LogP contribution is -2.52. The summed E-state index contributed by atoms with van der Waals surface area (Å²) in [5.41, 5.74) is 2.87. The third-order valence-electron chi connectivity index (χ3n) is 6.69. The van der Waals surface area contributed by atoms with Crippen molar-refractivity contribution in [3.05, 3.63) is 105 Å². The van der Waals surface area contributed by atoms with Crippen molar-refractivity contribution in [2.24, 2.45) is 0 Å². The number of amides is 2. The van der Waals surface area contributed by atoms with Crippen molar-refractivity contribution >= 4 is 58.4 Å². The molecule has 2 amide bonds. The highest BCUT2D eigenvalue weighted by Gasteiger charge is 2.32. The SMILES string of the molecule is O=C(NC1CCCC1)[C@H](Cc1ccccc1)N(Cc1cccc(Cl)c1)C(=O)CSCc1ccc(Cl)c(Cl)c1. The van der Waals surface area contributed by atoms with Crippen LogP contribution in [0.2, 0.25) is 15.1 Å². The van der Waals surface area contributed by atoms with Crippen molar-refractivity contribution in [3.8, 4) is 0 Å². The number of hydrogen-bond acceptors (Lipinski definition) is 3. The van der Waals surface area contributed by atoms with Crippen LogP contribution in [0.1, 0.15) is 42.4 Å². The minimum absolute atomic E-state index is 0.0995. The Morgan fingerprint density at radius 3 is 2.32 bits per heavy atom. The first-order chi connectivity index (χ1) is 18.4. The zero-order chi connectivity index (χ0) is 26.9. The normalized spacial score (nSPS) is 14.3. The van der Waals surface area contributed by atoms with Gasteiger partial charge in [0.1, 0.15) is 6.04 Å². The zero-order valence-electron chi connectivity index (χ0n) is 21.0. The molecule has 1 atom stereocenters. The number of carbonyl (C=O) groups is 2. The number of benzene rings is 3. The quantitative estimate of drug-likeness (QED) is 0.251. The van der Waals surface area contributed by atoms with E-state index in [-0.39, 0.29) is 23.6 Å². The molecule has 0 radical (unpaired) electrons. The molecule has 0 aliphatic heterocycles. The van der Waals surface area contributed by atoms with Crippen LogP contribution in [-0.2, 0) is 28.3 Å². The highest BCUT2D eigenvalue weighted by Crippen LogP contribution is 2.26. The summed E-state index contributed by atoms with van der Waals surface area (Å²) in [5, 5.41) is 4.82. The summed E-state index contributed by atoms with van der Waals surface area (Å²) in [4.78, 5) is 29.2. The molecule has 1 saturated carbocycles. The standard InChI is InChI=1S/C30H31Cl3N2O2S/c31-24-10-6-9-22(15-24)18-35(29(36)20-38-19-23-13-14-26(32)27(33)16-23)28(17-21-7-2-1-3-8-21)30(37)34-25-11-4-5-12-25/h1-3,6-10,13-16,25,28H,4-5,11-12,17-20H2,(H,34,37)/t28-/m0/s1. The van der Waals surface area contributed by atoms with Crippen LogP contribution in [0.5, 0.6) is 0 Å². The topological polar surface area (TPSA) is 49.4 Å². The summed E-state index contributed by atoms with van der Waals surface area (Å²) >= 11 is 20.0. The van der Waals surface area contributed by atoms with Crippen LogP contribution in [0.3, 0.4) is 0 Å². The second-order valence-corrected chi connectivity index (χ2v) is 11.8. The fourth-order valence-electron chi connectivity index (χ4n) is 4.72. The van der Waals surface area contributed by atoms with E-state index in [9.17, 15) is 9.59 Å². The van der Waals surface area contributed by atoms with Gasteiger partial charge in [-0.05, 0) is 53.8 Å². The molecule has 1 aliphatic carbocycles. The van der Waals surface area contributed by atoms with Crippen LogP contribution in [0, 0.1) is 0 Å². The van der Waals surface area contributed by atoms with Gasteiger partial charge in [-0.3, -0.25) is 9.59 Å². The maximum Gasteiger partial charge on any atom is 0.243 e. The van der Waals surface area contributed by atoms with E-state index in [2.05, 4.69) is 5.32 Å². The van der Waals surface area contributed by atoms with Crippen LogP contribution in [0.4, 0.5) is 0 Å². The molecule has 0 bridgehead atoms. The smallest absolute Gasteiger partial charge is 0.243 e. The molecule has 8 heteroatoms. The molecule has 3 aromatic carbocycles. The van der Waals surface area contributed by atoms with Gasteiger partial charge in [-0.2, -0.15) is 0 Å². The van der Waals surface area contributed by atoms with Crippen molar-refractivity contribution in [3.63, 3.8) is 0 Å². The summed E-state index contributed by atoms with van der Waals surface area (Å²) < 4.78 is 0. The van der Waals surface area contributed by atoms with Gasteiger partial charge in [-0.1, -0.05) is 96.2 Å². The Morgan fingerprint density at radius 1 is 0.868 bits per heavy atom. The van der Waals surface area contributed by atoms with Crippen molar-refractivity contribution in [2.75, 3.05) is 5.75 Å². The fourth-order valence-corrected chi connectivity index (χ4v) is 6.11. The van der Waals surface area contributed by atoms with E-state index in [1.807, 2.05) is 60.7 Å². The molecule has 1 N–H and O–H groups in total. The minimum atomic E-state index is -0.643. The maximum atomic E-state index is 13.8. The van der Waals surface area contributed by atoms with Crippen LogP contribution in [0.15, 0.2) is 72.8 Å². The Bertz CT molecular complexity index is 1240. The average molecular weight is 590 g/mol. The number of nitrogens with one attached hydrogen (secondary N) is 1. The molecule has 3 aromatic rings. The Hall–Kier alpha value is -2.18. The lowest BCUT2D eigenvalue weighted by atomic mass is 10.0. The molecule has 0 saturated heterocycles. The monoisotopic (exact) mass is 588 g/mol. The number of carbonyl (C=O) groups excluding carboxylic acids is 2. The van der Waals surface area contributed by atoms with Crippen LogP contribution in [0.25, 0.3) is 0 Å². The summed E-state index contributed by atoms with van der Waals surface area (Å²) in [6.07, 6.45) is 4.62. The summed E-state index contributed by atoms with van der Waals surface area (Å²) in [7, 11) is 0. The number of hydrogen-bond donors (Lipinski definition) is 1. The maximum absolute atomic E-state index is 13.8. The van der Waals surface area contributed by atoms with Gasteiger partial charge in [-0.15, -0.1) is 11.8 Å². The molecule has 0 spiro atoms. The van der Waals surface area contributed by atoms with Crippen LogP contribution >= 0.6 is 46.6 Å². The molecular formula is C30H31Cl3N2O2S. The van der Waals surface area contributed by atoms with Crippen LogP contribution in [-0.4, -0.2) is 34.6 Å². The fraction of sp³-hybridized carbons (Fsp3) is 0.333. The third-order valence-corrected chi connectivity index (χ3v) is 8.66. The van der Waals surface area contributed by atoms with E-state index in [0.717, 1.165) is 42.4 Å². The van der Waals surface area contributed by atoms with Crippen LogP contribution < -0.4 is 5.32 Å². The summed E-state index contributed by atoms with van der Waals surface area (Å²) in [5.74, 6) is 0.622. The van der Waals surface area contributed by atoms with Crippen molar-refractivity contribution < 1.29 is 9.59 Å². The Morgan fingerprint density at radius 2 is 1.61 bits per heavy atom. The third kappa shape index (κ3) is 8.41. The van der Waals surface area contributed by atoms with Crippen molar-refractivity contribution in [2.45, 2.75) is 56.5 Å². The van der Waals surface area contributed by atoms with Gasteiger partial charge in [0.25, 0.3) is 0 Å². The molecule has 0 heterocycles. The van der Waals surface area contributed by atoms with E-state index in [4.69, 9.17) is 34.8 Å². The Kier molecular flexibility index (Phi) is 10.8. The summed E-state index contributed by atoms with van der Waals surface area (Å²) in [6, 6.07) is 22.3. The van der Waals surface area contributed by atoms with Gasteiger partial charge in [0, 0.05) is 29.8 Å². The highest BCUT2D eigenvalue weighted by molar-refractivity contribution is 7.99. The van der Waals surface area contributed by atoms with E-state index in [1.54, 1.807) is 17.0 Å². The Balaban J connectivity index is 1.56. The van der Waals surface area contributed by atoms with E-state index < -0.39 is 6.04 Å². The zero-order valence-corrected chi connectivity index (χ0v) is 24.1. The first-order valence-electron chi connectivity index (χ1n) is 12.8. The second-order valence-electron chi connectivity index (χ2n) is 9.59. The predicted molar refractivity (Wildman–Crippen MR) is 159 cm³/mol. The predicted octanol–water partition coefficient (Wildman–Crippen LogP) is 7.58. The molecule has 4 rings (SSSR count). The molecule has 0 aromatic heterocycles. The largest absolute Gasteiger partial charge is 0.352 e. The first kappa shape index (κ1) is 28.8. The number of nitrogens with zero attached hydrogens (tertiary/aromatic N) is 1. The molecular weight excluding hydrogens is 559 g/mol.